The Labute approximate surface area is 170 Å². The maximum Gasteiger partial charge on any atom is 0.331 e. The van der Waals surface area contributed by atoms with Crippen molar-refractivity contribution >= 4 is 11.9 Å². The van der Waals surface area contributed by atoms with Crippen molar-refractivity contribution in [3.05, 3.63) is 23.3 Å². The Morgan fingerprint density at radius 1 is 0.964 bits per heavy atom. The Morgan fingerprint density at radius 3 is 2.04 bits per heavy atom. The van der Waals surface area contributed by atoms with Crippen molar-refractivity contribution in [3.63, 3.8) is 0 Å². The average Bonchev–Trinajstić information content (AvgIpc) is 2.59. The van der Waals surface area contributed by atoms with E-state index in [1.54, 1.807) is 6.08 Å². The normalized spacial score (nSPS) is 18.2. The predicted octanol–water partition coefficient (Wildman–Crippen LogP) is 5.15. The number of aliphatic hydroxyl groups excluding tert-OH is 1. The number of carbonyl (C=O) groups is 2. The third kappa shape index (κ3) is 11.3. The summed E-state index contributed by atoms with van der Waals surface area (Å²) < 4.78 is 0. The molecule has 0 aliphatic heterocycles. The van der Waals surface area contributed by atoms with Crippen LogP contribution >= 0.6 is 0 Å². The summed E-state index contributed by atoms with van der Waals surface area (Å²) in [6.45, 7) is 12.3. The first-order valence-corrected chi connectivity index (χ1v) is 10.5. The second-order valence-electron chi connectivity index (χ2n) is 8.68. The number of allylic oxidation sites excluding steroid dienone is 3. The molecule has 0 saturated heterocycles. The summed E-state index contributed by atoms with van der Waals surface area (Å²) in [6.07, 6.45) is 7.75. The van der Waals surface area contributed by atoms with Crippen molar-refractivity contribution in [1.29, 1.82) is 0 Å². The van der Waals surface area contributed by atoms with Crippen LogP contribution in [0.25, 0.3) is 0 Å². The van der Waals surface area contributed by atoms with Crippen molar-refractivity contribution in [2.75, 3.05) is 6.61 Å². The molecule has 5 atom stereocenters. The maximum atomic E-state index is 11.4. The van der Waals surface area contributed by atoms with Crippen LogP contribution in [0.1, 0.15) is 73.6 Å². The van der Waals surface area contributed by atoms with E-state index in [-0.39, 0.29) is 30.4 Å². The number of carboxylic acid groups (broad SMARTS) is 2. The smallest absolute Gasteiger partial charge is 0.331 e. The van der Waals surface area contributed by atoms with Gasteiger partial charge in [0.15, 0.2) is 0 Å². The topological polar surface area (TPSA) is 94.8 Å². The highest BCUT2D eigenvalue weighted by Gasteiger charge is 2.19. The van der Waals surface area contributed by atoms with Crippen LogP contribution in [-0.4, -0.2) is 33.9 Å². The first-order chi connectivity index (χ1) is 13.0. The van der Waals surface area contributed by atoms with Gasteiger partial charge in [-0.2, -0.15) is 0 Å². The second kappa shape index (κ2) is 13.5. The summed E-state index contributed by atoms with van der Waals surface area (Å²) in [5.41, 5.74) is 0.920. The van der Waals surface area contributed by atoms with E-state index in [1.807, 2.05) is 13.0 Å². The lowest BCUT2D eigenvalue weighted by Gasteiger charge is -2.23. The fourth-order valence-corrected chi connectivity index (χ4v) is 3.75. The highest BCUT2D eigenvalue weighted by Crippen LogP contribution is 2.26. The van der Waals surface area contributed by atoms with E-state index in [0.717, 1.165) is 18.4 Å². The predicted molar refractivity (Wildman–Crippen MR) is 113 cm³/mol. The third-order valence-electron chi connectivity index (χ3n) is 5.37. The summed E-state index contributed by atoms with van der Waals surface area (Å²) in [7, 11) is 0. The molecular weight excluding hydrogens is 356 g/mol. The molecule has 3 N–H and O–H groups in total. The minimum atomic E-state index is -1.08. The van der Waals surface area contributed by atoms with E-state index in [0.29, 0.717) is 11.8 Å². The Morgan fingerprint density at radius 2 is 1.57 bits per heavy atom. The van der Waals surface area contributed by atoms with Crippen LogP contribution in [-0.2, 0) is 9.59 Å². The van der Waals surface area contributed by atoms with Crippen molar-refractivity contribution in [3.8, 4) is 0 Å². The first-order valence-electron chi connectivity index (χ1n) is 10.5. The van der Waals surface area contributed by atoms with Gasteiger partial charge in [0.25, 0.3) is 0 Å². The zero-order chi connectivity index (χ0) is 21.9. The van der Waals surface area contributed by atoms with Gasteiger partial charge in [-0.3, -0.25) is 4.79 Å². The van der Waals surface area contributed by atoms with E-state index >= 15 is 0 Å². The van der Waals surface area contributed by atoms with Gasteiger partial charge in [0.05, 0.1) is 5.92 Å². The second-order valence-corrected chi connectivity index (χ2v) is 8.68. The molecule has 0 rings (SSSR count). The van der Waals surface area contributed by atoms with E-state index in [9.17, 15) is 19.8 Å². The maximum absolute atomic E-state index is 11.4. The summed E-state index contributed by atoms with van der Waals surface area (Å²) in [5, 5.41) is 28.1. The van der Waals surface area contributed by atoms with Gasteiger partial charge in [-0.1, -0.05) is 52.7 Å². The number of hydrogen-bond donors (Lipinski definition) is 3. The van der Waals surface area contributed by atoms with Gasteiger partial charge in [-0.05, 0) is 62.4 Å². The Hall–Kier alpha value is -1.62. The van der Waals surface area contributed by atoms with Gasteiger partial charge in [0, 0.05) is 12.2 Å². The molecule has 0 heterocycles. The molecule has 0 amide bonds. The molecule has 162 valence electrons. The summed E-state index contributed by atoms with van der Waals surface area (Å²) in [6, 6.07) is 0. The van der Waals surface area contributed by atoms with Crippen LogP contribution in [0.3, 0.4) is 0 Å². The lowest BCUT2D eigenvalue weighted by Crippen LogP contribution is -2.15. The average molecular weight is 397 g/mol. The standard InChI is InChI=1S/C23H40O5/c1-7-15(2)8-16(3)10-20(14-24)11-17(4)9-18(5)12-21(23(27)28)13-19(6)22(25)26/h9,12,15-17,19-20,24H,7-8,10-11,13-14H2,1-6H3,(H,25,26)(H,27,28)/b18-9+,21-12-/t15-,16-,17+,19-,20-/m0/s1. The van der Waals surface area contributed by atoms with Crippen LogP contribution in [0.5, 0.6) is 0 Å². The van der Waals surface area contributed by atoms with Crippen LogP contribution in [0.4, 0.5) is 0 Å². The number of hydrogen-bond acceptors (Lipinski definition) is 3. The number of carboxylic acids is 2. The Bertz CT molecular complexity index is 549. The first kappa shape index (κ1) is 26.4. The molecule has 5 nitrogen and oxygen atoms in total. The van der Waals surface area contributed by atoms with Gasteiger partial charge >= 0.3 is 11.9 Å². The molecule has 0 aromatic heterocycles. The van der Waals surface area contributed by atoms with Crippen molar-refractivity contribution in [2.24, 2.45) is 29.6 Å². The molecule has 5 heteroatoms. The van der Waals surface area contributed by atoms with E-state index in [4.69, 9.17) is 5.11 Å². The molecular formula is C23H40O5. The molecule has 0 saturated carbocycles. The molecule has 0 fully saturated rings. The largest absolute Gasteiger partial charge is 0.481 e. The van der Waals surface area contributed by atoms with E-state index in [2.05, 4.69) is 27.7 Å². The molecule has 0 radical (unpaired) electrons. The van der Waals surface area contributed by atoms with Crippen molar-refractivity contribution in [1.82, 2.24) is 0 Å². The Balaban J connectivity index is 4.96. The van der Waals surface area contributed by atoms with Gasteiger partial charge in [0.1, 0.15) is 0 Å². The molecule has 0 aliphatic carbocycles. The van der Waals surface area contributed by atoms with Gasteiger partial charge in [-0.15, -0.1) is 0 Å². The van der Waals surface area contributed by atoms with E-state index in [1.165, 1.54) is 19.8 Å². The molecule has 0 unspecified atom stereocenters. The Kier molecular flexibility index (Phi) is 12.8. The van der Waals surface area contributed by atoms with Crippen LogP contribution < -0.4 is 0 Å². The van der Waals surface area contributed by atoms with Crippen molar-refractivity contribution < 1.29 is 24.9 Å². The lowest BCUT2D eigenvalue weighted by atomic mass is 9.84. The monoisotopic (exact) mass is 396 g/mol. The number of rotatable bonds is 14. The number of aliphatic hydroxyl groups is 1. The minimum absolute atomic E-state index is 0.00335. The molecule has 0 aliphatic rings. The fourth-order valence-electron chi connectivity index (χ4n) is 3.75. The third-order valence-corrected chi connectivity index (χ3v) is 5.37. The van der Waals surface area contributed by atoms with Gasteiger partial charge in [-0.25, -0.2) is 4.79 Å². The molecule has 0 aromatic rings. The molecule has 28 heavy (non-hydrogen) atoms. The summed E-state index contributed by atoms with van der Waals surface area (Å²) in [4.78, 5) is 22.4. The summed E-state index contributed by atoms with van der Waals surface area (Å²) >= 11 is 0. The van der Waals surface area contributed by atoms with Crippen LogP contribution in [0.15, 0.2) is 23.3 Å². The SMILES string of the molecule is CC[C@H](C)C[C@H](C)C[C@H](CO)C[C@H](C)/C=C(C)/C=C(/C[C@H](C)C(=O)O)C(=O)O. The molecule has 0 aromatic carbocycles. The quantitative estimate of drug-likeness (QED) is 0.279. The number of aliphatic carboxylic acids is 2. The highest BCUT2D eigenvalue weighted by molar-refractivity contribution is 5.88. The zero-order valence-corrected chi connectivity index (χ0v) is 18.4. The summed E-state index contributed by atoms with van der Waals surface area (Å²) in [5.74, 6) is -1.12. The van der Waals surface area contributed by atoms with Crippen molar-refractivity contribution in [2.45, 2.75) is 73.6 Å². The highest BCUT2D eigenvalue weighted by atomic mass is 16.4. The van der Waals surface area contributed by atoms with Crippen LogP contribution in [0.2, 0.25) is 0 Å². The van der Waals surface area contributed by atoms with E-state index < -0.39 is 17.9 Å². The van der Waals surface area contributed by atoms with Gasteiger partial charge in [0.2, 0.25) is 0 Å². The fraction of sp³-hybridized carbons (Fsp3) is 0.739. The molecule has 0 bridgehead atoms. The van der Waals surface area contributed by atoms with Crippen LogP contribution in [0, 0.1) is 29.6 Å². The zero-order valence-electron chi connectivity index (χ0n) is 18.4. The minimum Gasteiger partial charge on any atom is -0.481 e. The lowest BCUT2D eigenvalue weighted by molar-refractivity contribution is -0.141. The molecule has 0 spiro atoms. The van der Waals surface area contributed by atoms with Gasteiger partial charge < -0.3 is 15.3 Å².